The molecular formula is C15H21N3O5S. The summed E-state index contributed by atoms with van der Waals surface area (Å²) in [4.78, 5) is 24.8. The molecule has 1 heterocycles. The Balaban J connectivity index is 1.89. The molecule has 0 aliphatic carbocycles. The van der Waals surface area contributed by atoms with Gasteiger partial charge in [0.2, 0.25) is 21.8 Å². The molecule has 2 rings (SSSR count). The van der Waals surface area contributed by atoms with Crippen molar-refractivity contribution in [2.45, 2.75) is 17.7 Å². The molecule has 132 valence electrons. The first-order valence-electron chi connectivity index (χ1n) is 7.54. The zero-order valence-corrected chi connectivity index (χ0v) is 14.2. The van der Waals surface area contributed by atoms with Crippen molar-refractivity contribution in [1.29, 1.82) is 0 Å². The summed E-state index contributed by atoms with van der Waals surface area (Å²) in [5.41, 5.74) is 5.25. The number of hydrogen-bond donors (Lipinski definition) is 2. The molecule has 1 aliphatic rings. The van der Waals surface area contributed by atoms with Crippen molar-refractivity contribution in [2.75, 3.05) is 26.7 Å². The first-order valence-corrected chi connectivity index (χ1v) is 9.02. The zero-order chi connectivity index (χ0) is 17.7. The smallest absolute Gasteiger partial charge is 0.241 e. The van der Waals surface area contributed by atoms with Gasteiger partial charge in [-0.05, 0) is 37.1 Å². The van der Waals surface area contributed by atoms with E-state index < -0.39 is 10.0 Å². The summed E-state index contributed by atoms with van der Waals surface area (Å²) in [7, 11) is -2.28. The van der Waals surface area contributed by atoms with Gasteiger partial charge in [-0.3, -0.25) is 9.59 Å². The number of primary amides is 1. The molecule has 0 bridgehead atoms. The number of ether oxygens (including phenoxy) is 1. The number of rotatable bonds is 6. The Morgan fingerprint density at radius 1 is 1.25 bits per heavy atom. The molecule has 0 radical (unpaired) electrons. The predicted molar refractivity (Wildman–Crippen MR) is 86.7 cm³/mol. The van der Waals surface area contributed by atoms with E-state index in [9.17, 15) is 18.0 Å². The lowest BCUT2D eigenvalue weighted by molar-refractivity contribution is -0.133. The van der Waals surface area contributed by atoms with Gasteiger partial charge < -0.3 is 15.4 Å². The van der Waals surface area contributed by atoms with Crippen molar-refractivity contribution in [3.05, 3.63) is 24.3 Å². The first kappa shape index (κ1) is 18.2. The van der Waals surface area contributed by atoms with E-state index in [-0.39, 0.29) is 29.2 Å². The summed E-state index contributed by atoms with van der Waals surface area (Å²) < 4.78 is 31.6. The number of benzene rings is 1. The van der Waals surface area contributed by atoms with Gasteiger partial charge in [-0.15, -0.1) is 0 Å². The Morgan fingerprint density at radius 3 is 2.33 bits per heavy atom. The Labute approximate surface area is 141 Å². The van der Waals surface area contributed by atoms with Crippen LogP contribution in [0.2, 0.25) is 0 Å². The van der Waals surface area contributed by atoms with Crippen LogP contribution in [0.1, 0.15) is 12.8 Å². The molecule has 1 aromatic carbocycles. The van der Waals surface area contributed by atoms with Crippen LogP contribution in [-0.2, 0) is 19.6 Å². The predicted octanol–water partition coefficient (Wildman–Crippen LogP) is -0.303. The SMILES string of the molecule is COc1ccc(S(=O)(=O)NCC(=O)N2CCC(C(N)=O)CC2)cc1. The molecule has 1 saturated heterocycles. The topological polar surface area (TPSA) is 119 Å². The van der Waals surface area contributed by atoms with E-state index in [1.165, 1.54) is 36.3 Å². The van der Waals surface area contributed by atoms with Crippen LogP contribution in [0.15, 0.2) is 29.2 Å². The standard InChI is InChI=1S/C15H21N3O5S/c1-23-12-2-4-13(5-3-12)24(21,22)17-10-14(19)18-8-6-11(7-9-18)15(16)20/h2-5,11,17H,6-10H2,1H3,(H2,16,20). The van der Waals surface area contributed by atoms with Crippen LogP contribution in [0, 0.1) is 5.92 Å². The van der Waals surface area contributed by atoms with Gasteiger partial charge in [-0.25, -0.2) is 13.1 Å². The fourth-order valence-electron chi connectivity index (χ4n) is 2.52. The molecule has 0 unspecified atom stereocenters. The van der Waals surface area contributed by atoms with Crippen molar-refractivity contribution >= 4 is 21.8 Å². The largest absolute Gasteiger partial charge is 0.497 e. The molecule has 2 amide bonds. The number of likely N-dealkylation sites (tertiary alicyclic amines) is 1. The number of methoxy groups -OCH3 is 1. The number of piperidine rings is 1. The molecule has 1 aromatic rings. The van der Waals surface area contributed by atoms with Crippen LogP contribution in [0.3, 0.4) is 0 Å². The van der Waals surface area contributed by atoms with E-state index >= 15 is 0 Å². The van der Waals surface area contributed by atoms with Gasteiger partial charge in [0.25, 0.3) is 0 Å². The van der Waals surface area contributed by atoms with Crippen LogP contribution < -0.4 is 15.2 Å². The van der Waals surface area contributed by atoms with E-state index in [0.29, 0.717) is 31.7 Å². The highest BCUT2D eigenvalue weighted by Crippen LogP contribution is 2.17. The molecule has 0 spiro atoms. The summed E-state index contributed by atoms with van der Waals surface area (Å²) in [6.07, 6.45) is 1.01. The lowest BCUT2D eigenvalue weighted by Gasteiger charge is -2.30. The van der Waals surface area contributed by atoms with Gasteiger partial charge in [0.05, 0.1) is 18.6 Å². The Hall–Kier alpha value is -2.13. The van der Waals surface area contributed by atoms with Crippen LogP contribution in [0.4, 0.5) is 0 Å². The Kier molecular flexibility index (Phi) is 5.79. The second-order valence-electron chi connectivity index (χ2n) is 5.56. The highest BCUT2D eigenvalue weighted by Gasteiger charge is 2.26. The molecule has 24 heavy (non-hydrogen) atoms. The van der Waals surface area contributed by atoms with Gasteiger partial charge in [-0.2, -0.15) is 0 Å². The van der Waals surface area contributed by atoms with Crippen molar-refractivity contribution < 1.29 is 22.7 Å². The minimum Gasteiger partial charge on any atom is -0.497 e. The molecule has 3 N–H and O–H groups in total. The minimum absolute atomic E-state index is 0.0588. The Morgan fingerprint density at radius 2 is 1.83 bits per heavy atom. The number of nitrogens with two attached hydrogens (primary N) is 1. The quantitative estimate of drug-likeness (QED) is 0.726. The van der Waals surface area contributed by atoms with Crippen LogP contribution in [0.25, 0.3) is 0 Å². The number of amides is 2. The minimum atomic E-state index is -3.77. The fraction of sp³-hybridized carbons (Fsp3) is 0.467. The number of sulfonamides is 1. The third-order valence-electron chi connectivity index (χ3n) is 4.03. The number of carbonyl (C=O) groups is 2. The average molecular weight is 355 g/mol. The highest BCUT2D eigenvalue weighted by molar-refractivity contribution is 7.89. The van der Waals surface area contributed by atoms with Gasteiger partial charge in [0, 0.05) is 19.0 Å². The maximum atomic E-state index is 12.2. The molecule has 1 fully saturated rings. The third kappa shape index (κ3) is 4.45. The van der Waals surface area contributed by atoms with Crippen molar-refractivity contribution in [2.24, 2.45) is 11.7 Å². The number of nitrogens with one attached hydrogen (secondary N) is 1. The normalized spacial score (nSPS) is 16.0. The summed E-state index contributed by atoms with van der Waals surface area (Å²) in [5.74, 6) is -0.357. The maximum absolute atomic E-state index is 12.2. The number of nitrogens with zero attached hydrogens (tertiary/aromatic N) is 1. The average Bonchev–Trinajstić information content (AvgIpc) is 2.60. The summed E-state index contributed by atoms with van der Waals surface area (Å²) in [6, 6.07) is 5.88. The molecule has 0 saturated carbocycles. The second-order valence-corrected chi connectivity index (χ2v) is 7.32. The van der Waals surface area contributed by atoms with E-state index in [1.807, 2.05) is 0 Å². The van der Waals surface area contributed by atoms with Gasteiger partial charge in [-0.1, -0.05) is 0 Å². The van der Waals surface area contributed by atoms with Crippen LogP contribution >= 0.6 is 0 Å². The lowest BCUT2D eigenvalue weighted by Crippen LogP contribution is -2.45. The van der Waals surface area contributed by atoms with Gasteiger partial charge in [0.1, 0.15) is 5.75 Å². The fourth-order valence-corrected chi connectivity index (χ4v) is 3.49. The maximum Gasteiger partial charge on any atom is 0.241 e. The summed E-state index contributed by atoms with van der Waals surface area (Å²) in [6.45, 7) is 0.475. The molecule has 8 nitrogen and oxygen atoms in total. The van der Waals surface area contributed by atoms with Crippen LogP contribution in [-0.4, -0.2) is 51.9 Å². The third-order valence-corrected chi connectivity index (χ3v) is 5.45. The van der Waals surface area contributed by atoms with Gasteiger partial charge in [0.15, 0.2) is 0 Å². The molecule has 9 heteroatoms. The number of hydrogen-bond acceptors (Lipinski definition) is 5. The molecule has 0 atom stereocenters. The summed E-state index contributed by atoms with van der Waals surface area (Å²) in [5, 5.41) is 0. The van der Waals surface area contributed by atoms with Crippen molar-refractivity contribution in [1.82, 2.24) is 9.62 Å². The zero-order valence-electron chi connectivity index (χ0n) is 13.4. The second kappa shape index (κ2) is 7.63. The lowest BCUT2D eigenvalue weighted by atomic mass is 9.96. The van der Waals surface area contributed by atoms with Crippen molar-refractivity contribution in [3.63, 3.8) is 0 Å². The molecule has 1 aliphatic heterocycles. The van der Waals surface area contributed by atoms with E-state index in [0.717, 1.165) is 0 Å². The first-order chi connectivity index (χ1) is 11.3. The molecular weight excluding hydrogens is 334 g/mol. The van der Waals surface area contributed by atoms with E-state index in [1.54, 1.807) is 0 Å². The number of carbonyl (C=O) groups excluding carboxylic acids is 2. The van der Waals surface area contributed by atoms with E-state index in [2.05, 4.69) is 4.72 Å². The van der Waals surface area contributed by atoms with E-state index in [4.69, 9.17) is 10.5 Å². The van der Waals surface area contributed by atoms with Crippen LogP contribution in [0.5, 0.6) is 5.75 Å². The van der Waals surface area contributed by atoms with Crippen molar-refractivity contribution in [3.8, 4) is 5.75 Å². The highest BCUT2D eigenvalue weighted by atomic mass is 32.2. The monoisotopic (exact) mass is 355 g/mol. The summed E-state index contributed by atoms with van der Waals surface area (Å²) >= 11 is 0. The Bertz CT molecular complexity index is 694. The molecule has 0 aromatic heterocycles. The van der Waals surface area contributed by atoms with Gasteiger partial charge >= 0.3 is 0 Å².